The molecule has 2 atom stereocenters. The maximum atomic E-state index is 13.9. The molecule has 0 bridgehead atoms. The Labute approximate surface area is 203 Å². The van der Waals surface area contributed by atoms with Crippen molar-refractivity contribution in [1.29, 1.82) is 0 Å². The van der Waals surface area contributed by atoms with Crippen LogP contribution in [0.5, 0.6) is 0 Å². The average molecular weight is 461 g/mol. The van der Waals surface area contributed by atoms with E-state index in [1.807, 2.05) is 25.2 Å². The molecule has 1 saturated carbocycles. The lowest BCUT2D eigenvalue weighted by atomic mass is 9.86. The highest BCUT2D eigenvalue weighted by molar-refractivity contribution is 6.36. The van der Waals surface area contributed by atoms with Gasteiger partial charge in [-0.15, -0.1) is 0 Å². The third-order valence-corrected chi connectivity index (χ3v) is 7.49. The summed E-state index contributed by atoms with van der Waals surface area (Å²) in [6, 6.07) is 11.2. The summed E-state index contributed by atoms with van der Waals surface area (Å²) < 4.78 is 0. The molecular formula is C29H36N2O3. The first-order valence-corrected chi connectivity index (χ1v) is 12.5. The number of benzene rings is 2. The molecule has 34 heavy (non-hydrogen) atoms. The van der Waals surface area contributed by atoms with Gasteiger partial charge >= 0.3 is 0 Å². The number of nitrogens with zero attached hydrogens (tertiary/aromatic N) is 2. The third-order valence-electron chi connectivity index (χ3n) is 7.49. The highest BCUT2D eigenvalue weighted by atomic mass is 16.2. The summed E-state index contributed by atoms with van der Waals surface area (Å²) in [6.07, 6.45) is 4.23. The molecule has 2 unspecified atom stereocenters. The number of hydrogen-bond acceptors (Lipinski definition) is 3. The Morgan fingerprint density at radius 2 is 1.56 bits per heavy atom. The Morgan fingerprint density at radius 3 is 2.15 bits per heavy atom. The van der Waals surface area contributed by atoms with Crippen LogP contribution in [0.2, 0.25) is 0 Å². The summed E-state index contributed by atoms with van der Waals surface area (Å²) in [6.45, 7) is 10.5. The topological polar surface area (TPSA) is 57.7 Å². The number of imide groups is 1. The first-order valence-electron chi connectivity index (χ1n) is 12.5. The molecule has 0 N–H and O–H groups in total. The molecule has 1 heterocycles. The number of amides is 3. The minimum absolute atomic E-state index is 0.138. The molecule has 2 aromatic rings. The molecule has 3 amide bonds. The van der Waals surface area contributed by atoms with E-state index in [9.17, 15) is 14.4 Å². The monoisotopic (exact) mass is 460 g/mol. The second kappa shape index (κ2) is 9.36. The lowest BCUT2D eigenvalue weighted by Crippen LogP contribution is -2.40. The van der Waals surface area contributed by atoms with Crippen molar-refractivity contribution in [2.45, 2.75) is 78.2 Å². The van der Waals surface area contributed by atoms with Gasteiger partial charge in [0.15, 0.2) is 0 Å². The van der Waals surface area contributed by atoms with Crippen LogP contribution in [-0.4, -0.2) is 35.7 Å². The van der Waals surface area contributed by atoms with Crippen LogP contribution in [0.15, 0.2) is 36.4 Å². The zero-order chi connectivity index (χ0) is 24.7. The SMILES string of the molecule is CC1CCCC(N(C)C(=O)c2cccc3c2C(=O)N(c2c(C(C)C)cccc2C(C)C)C3=O)C1. The van der Waals surface area contributed by atoms with E-state index in [2.05, 4.69) is 34.6 Å². The van der Waals surface area contributed by atoms with Gasteiger partial charge in [0, 0.05) is 13.1 Å². The first-order chi connectivity index (χ1) is 16.1. The van der Waals surface area contributed by atoms with E-state index in [1.54, 1.807) is 23.1 Å². The fourth-order valence-electron chi connectivity index (χ4n) is 5.55. The summed E-state index contributed by atoms with van der Waals surface area (Å²) in [7, 11) is 1.83. The van der Waals surface area contributed by atoms with E-state index in [1.165, 1.54) is 11.3 Å². The predicted molar refractivity (Wildman–Crippen MR) is 136 cm³/mol. The van der Waals surface area contributed by atoms with Crippen LogP contribution in [0.25, 0.3) is 0 Å². The molecule has 2 aromatic carbocycles. The summed E-state index contributed by atoms with van der Waals surface area (Å²) in [4.78, 5) is 44.2. The number of rotatable bonds is 5. The molecular weight excluding hydrogens is 424 g/mol. The Bertz CT molecular complexity index is 1110. The molecule has 4 rings (SSSR count). The van der Waals surface area contributed by atoms with Gasteiger partial charge in [-0.1, -0.05) is 71.7 Å². The van der Waals surface area contributed by atoms with Crippen LogP contribution in [0.3, 0.4) is 0 Å². The second-order valence-electron chi connectivity index (χ2n) is 10.6. The van der Waals surface area contributed by atoms with Crippen LogP contribution in [0, 0.1) is 5.92 Å². The van der Waals surface area contributed by atoms with Crippen LogP contribution < -0.4 is 4.90 Å². The fourth-order valence-corrected chi connectivity index (χ4v) is 5.55. The number of carbonyl (C=O) groups is 3. The van der Waals surface area contributed by atoms with Gasteiger partial charge < -0.3 is 4.90 Å². The zero-order valence-corrected chi connectivity index (χ0v) is 21.2. The van der Waals surface area contributed by atoms with E-state index in [0.717, 1.165) is 30.4 Å². The highest BCUT2D eigenvalue weighted by Gasteiger charge is 2.42. The van der Waals surface area contributed by atoms with Gasteiger partial charge in [-0.3, -0.25) is 14.4 Å². The van der Waals surface area contributed by atoms with Gasteiger partial charge in [0.1, 0.15) is 0 Å². The molecule has 0 spiro atoms. The number of anilines is 1. The van der Waals surface area contributed by atoms with Crippen LogP contribution in [0.4, 0.5) is 5.69 Å². The Morgan fingerprint density at radius 1 is 0.941 bits per heavy atom. The zero-order valence-electron chi connectivity index (χ0n) is 21.2. The quantitative estimate of drug-likeness (QED) is 0.486. The molecule has 1 aliphatic carbocycles. The number of carbonyl (C=O) groups excluding carboxylic acids is 3. The van der Waals surface area contributed by atoms with E-state index in [0.29, 0.717) is 22.7 Å². The van der Waals surface area contributed by atoms with Gasteiger partial charge in [0.25, 0.3) is 17.7 Å². The normalized spacial score (nSPS) is 20.3. The average Bonchev–Trinajstić information content (AvgIpc) is 3.07. The molecule has 0 radical (unpaired) electrons. The molecule has 180 valence electrons. The second-order valence-corrected chi connectivity index (χ2v) is 10.6. The summed E-state index contributed by atoms with van der Waals surface area (Å²) in [5.74, 6) is -0.0728. The lowest BCUT2D eigenvalue weighted by Gasteiger charge is -2.34. The molecule has 2 aliphatic rings. The van der Waals surface area contributed by atoms with Gasteiger partial charge in [0.2, 0.25) is 0 Å². The number of para-hydroxylation sites is 1. The van der Waals surface area contributed by atoms with Crippen molar-refractivity contribution in [2.24, 2.45) is 5.92 Å². The first kappa shape index (κ1) is 24.2. The predicted octanol–water partition coefficient (Wildman–Crippen LogP) is 6.38. The van der Waals surface area contributed by atoms with Crippen molar-refractivity contribution in [1.82, 2.24) is 4.90 Å². The number of hydrogen-bond donors (Lipinski definition) is 0. The standard InChI is InChI=1S/C29H36N2O3/c1-17(2)21-12-8-13-22(18(3)4)26(21)31-28(33)24-15-9-14-23(25(24)29(31)34)27(32)30(6)20-11-7-10-19(5)16-20/h8-9,12-15,17-20H,7,10-11,16H2,1-6H3. The van der Waals surface area contributed by atoms with Crippen molar-refractivity contribution in [3.05, 3.63) is 64.2 Å². The third kappa shape index (κ3) is 4.06. The van der Waals surface area contributed by atoms with Crippen molar-refractivity contribution >= 4 is 23.4 Å². The fraction of sp³-hybridized carbons (Fsp3) is 0.483. The van der Waals surface area contributed by atoms with Gasteiger partial charge in [0.05, 0.1) is 22.4 Å². The van der Waals surface area contributed by atoms with Crippen LogP contribution in [-0.2, 0) is 0 Å². The minimum atomic E-state index is -0.399. The van der Waals surface area contributed by atoms with E-state index in [4.69, 9.17) is 0 Å². The van der Waals surface area contributed by atoms with Gasteiger partial charge in [-0.25, -0.2) is 4.90 Å². The smallest absolute Gasteiger partial charge is 0.266 e. The Hall–Kier alpha value is -2.95. The van der Waals surface area contributed by atoms with Crippen molar-refractivity contribution < 1.29 is 14.4 Å². The number of fused-ring (bicyclic) bond motifs is 1. The van der Waals surface area contributed by atoms with Gasteiger partial charge in [-0.05, 0) is 53.9 Å². The summed E-state index contributed by atoms with van der Waals surface area (Å²) >= 11 is 0. The van der Waals surface area contributed by atoms with E-state index in [-0.39, 0.29) is 35.3 Å². The molecule has 1 fully saturated rings. The van der Waals surface area contributed by atoms with Crippen LogP contribution >= 0.6 is 0 Å². The maximum Gasteiger partial charge on any atom is 0.266 e. The van der Waals surface area contributed by atoms with Crippen molar-refractivity contribution in [3.63, 3.8) is 0 Å². The van der Waals surface area contributed by atoms with E-state index >= 15 is 0 Å². The molecule has 5 heteroatoms. The molecule has 1 aliphatic heterocycles. The lowest BCUT2D eigenvalue weighted by molar-refractivity contribution is 0.0668. The molecule has 0 saturated heterocycles. The van der Waals surface area contributed by atoms with Crippen molar-refractivity contribution in [2.75, 3.05) is 11.9 Å². The largest absolute Gasteiger partial charge is 0.339 e. The highest BCUT2D eigenvalue weighted by Crippen LogP contribution is 2.40. The summed E-state index contributed by atoms with van der Waals surface area (Å²) in [5, 5.41) is 0. The minimum Gasteiger partial charge on any atom is -0.339 e. The Kier molecular flexibility index (Phi) is 6.66. The molecule has 0 aromatic heterocycles. The van der Waals surface area contributed by atoms with Gasteiger partial charge in [-0.2, -0.15) is 0 Å². The van der Waals surface area contributed by atoms with Crippen LogP contribution in [0.1, 0.15) is 114 Å². The van der Waals surface area contributed by atoms with Crippen molar-refractivity contribution in [3.8, 4) is 0 Å². The summed E-state index contributed by atoms with van der Waals surface area (Å²) in [5.41, 5.74) is 3.47. The maximum absolute atomic E-state index is 13.9. The molecule has 5 nitrogen and oxygen atoms in total. The Balaban J connectivity index is 1.78. The van der Waals surface area contributed by atoms with E-state index < -0.39 is 5.91 Å².